The predicted molar refractivity (Wildman–Crippen MR) is 74.4 cm³/mol. The Balaban J connectivity index is 1.83. The number of halogens is 1. The van der Waals surface area contributed by atoms with Gasteiger partial charge in [-0.25, -0.2) is 9.18 Å². The van der Waals surface area contributed by atoms with Crippen molar-refractivity contribution in [1.82, 2.24) is 10.2 Å². The van der Waals surface area contributed by atoms with Crippen molar-refractivity contribution in [3.8, 4) is 0 Å². The molecule has 0 saturated carbocycles. The lowest BCUT2D eigenvalue weighted by atomic mass is 10.2. The van der Waals surface area contributed by atoms with Crippen LogP contribution in [0.4, 0.5) is 9.18 Å². The molecule has 1 N–H and O–H groups in total. The number of hydrogen-bond acceptors (Lipinski definition) is 2. The van der Waals surface area contributed by atoms with Gasteiger partial charge in [-0.2, -0.15) is 0 Å². The van der Waals surface area contributed by atoms with E-state index in [0.717, 1.165) is 10.4 Å². The summed E-state index contributed by atoms with van der Waals surface area (Å²) in [4.78, 5) is 14.5. The topological polar surface area (TPSA) is 32.3 Å². The molecule has 0 unspecified atom stereocenters. The average Bonchev–Trinajstić information content (AvgIpc) is 2.91. The summed E-state index contributed by atoms with van der Waals surface area (Å²) < 4.78 is 12.8. The fraction of sp³-hybridized carbons (Fsp3) is 0.214. The number of nitrogens with one attached hydrogen (secondary N) is 1. The Morgan fingerprint density at radius 2 is 2.05 bits per heavy atom. The second-order valence-electron chi connectivity index (χ2n) is 4.22. The standard InChI is InChI=1S/C14H15FN2OS/c1-17(10-11-4-6-12(15)7-5-11)14(18)16-9-13-3-2-8-19-13/h2-8H,9-10H2,1H3,(H,16,18). The smallest absolute Gasteiger partial charge is 0.317 e. The van der Waals surface area contributed by atoms with E-state index in [2.05, 4.69) is 5.32 Å². The van der Waals surface area contributed by atoms with Crippen LogP contribution in [0, 0.1) is 5.82 Å². The Morgan fingerprint density at radius 3 is 2.68 bits per heavy atom. The molecular weight excluding hydrogens is 263 g/mol. The molecule has 0 bridgehead atoms. The molecule has 0 radical (unpaired) electrons. The molecule has 0 aliphatic carbocycles. The maximum atomic E-state index is 12.8. The highest BCUT2D eigenvalue weighted by Gasteiger charge is 2.08. The molecule has 0 aliphatic rings. The van der Waals surface area contributed by atoms with Crippen LogP contribution in [0.5, 0.6) is 0 Å². The van der Waals surface area contributed by atoms with Gasteiger partial charge in [0.05, 0.1) is 6.54 Å². The minimum atomic E-state index is -0.270. The molecule has 100 valence electrons. The zero-order valence-electron chi connectivity index (χ0n) is 10.6. The monoisotopic (exact) mass is 278 g/mol. The van der Waals surface area contributed by atoms with Crippen molar-refractivity contribution in [2.24, 2.45) is 0 Å². The molecule has 2 amide bonds. The molecule has 3 nitrogen and oxygen atoms in total. The number of thiophene rings is 1. The molecule has 1 heterocycles. The molecule has 1 aromatic heterocycles. The van der Waals surface area contributed by atoms with Crippen LogP contribution in [0.3, 0.4) is 0 Å². The molecular formula is C14H15FN2OS. The van der Waals surface area contributed by atoms with E-state index >= 15 is 0 Å². The summed E-state index contributed by atoms with van der Waals surface area (Å²) in [6, 6.07) is 9.94. The Hall–Kier alpha value is -1.88. The molecule has 0 saturated heterocycles. The van der Waals surface area contributed by atoms with Crippen LogP contribution in [-0.2, 0) is 13.1 Å². The van der Waals surface area contributed by atoms with E-state index < -0.39 is 0 Å². The molecule has 2 rings (SSSR count). The number of amides is 2. The molecule has 2 aromatic rings. The quantitative estimate of drug-likeness (QED) is 0.915. The van der Waals surface area contributed by atoms with Gasteiger partial charge in [-0.3, -0.25) is 0 Å². The summed E-state index contributed by atoms with van der Waals surface area (Å²) in [6.45, 7) is 0.987. The Morgan fingerprint density at radius 1 is 1.32 bits per heavy atom. The molecule has 0 spiro atoms. The second kappa shape index (κ2) is 6.33. The first-order valence-corrected chi connectivity index (χ1v) is 6.79. The minimum Gasteiger partial charge on any atom is -0.333 e. The lowest BCUT2D eigenvalue weighted by Crippen LogP contribution is -2.36. The Bertz CT molecular complexity index is 525. The van der Waals surface area contributed by atoms with Crippen molar-refractivity contribution in [3.63, 3.8) is 0 Å². The number of benzene rings is 1. The van der Waals surface area contributed by atoms with Crippen molar-refractivity contribution >= 4 is 17.4 Å². The van der Waals surface area contributed by atoms with Crippen LogP contribution < -0.4 is 5.32 Å². The van der Waals surface area contributed by atoms with E-state index in [1.807, 2.05) is 17.5 Å². The maximum absolute atomic E-state index is 12.8. The molecule has 0 atom stereocenters. The SMILES string of the molecule is CN(Cc1ccc(F)cc1)C(=O)NCc1cccs1. The fourth-order valence-corrected chi connectivity index (χ4v) is 2.29. The maximum Gasteiger partial charge on any atom is 0.317 e. The van der Waals surface area contributed by atoms with Crippen LogP contribution in [0.1, 0.15) is 10.4 Å². The second-order valence-corrected chi connectivity index (χ2v) is 5.25. The average molecular weight is 278 g/mol. The zero-order valence-corrected chi connectivity index (χ0v) is 11.4. The van der Waals surface area contributed by atoms with Crippen molar-refractivity contribution in [3.05, 3.63) is 58.0 Å². The largest absolute Gasteiger partial charge is 0.333 e. The summed E-state index contributed by atoms with van der Waals surface area (Å²) in [7, 11) is 1.72. The van der Waals surface area contributed by atoms with Gasteiger partial charge in [0.25, 0.3) is 0 Å². The summed E-state index contributed by atoms with van der Waals surface area (Å²) in [6.07, 6.45) is 0. The third-order valence-electron chi connectivity index (χ3n) is 2.67. The first-order chi connectivity index (χ1) is 9.15. The van der Waals surface area contributed by atoms with E-state index in [9.17, 15) is 9.18 Å². The Labute approximate surface area is 115 Å². The highest BCUT2D eigenvalue weighted by Crippen LogP contribution is 2.08. The van der Waals surface area contributed by atoms with Gasteiger partial charge in [-0.1, -0.05) is 18.2 Å². The number of carbonyl (C=O) groups excluding carboxylic acids is 1. The molecule has 0 aliphatic heterocycles. The van der Waals surface area contributed by atoms with Crippen molar-refractivity contribution < 1.29 is 9.18 Å². The summed E-state index contributed by atoms with van der Waals surface area (Å²) in [5.74, 6) is -0.270. The van der Waals surface area contributed by atoms with Gasteiger partial charge in [0.1, 0.15) is 5.82 Å². The number of urea groups is 1. The summed E-state index contributed by atoms with van der Waals surface area (Å²) in [5.41, 5.74) is 0.898. The third-order valence-corrected chi connectivity index (χ3v) is 3.55. The van der Waals surface area contributed by atoms with Crippen LogP contribution in [0.25, 0.3) is 0 Å². The number of rotatable bonds is 4. The van der Waals surface area contributed by atoms with Gasteiger partial charge in [0, 0.05) is 18.5 Å². The van der Waals surface area contributed by atoms with Gasteiger partial charge in [0.2, 0.25) is 0 Å². The van der Waals surface area contributed by atoms with Gasteiger partial charge in [-0.05, 0) is 29.1 Å². The third kappa shape index (κ3) is 4.06. The van der Waals surface area contributed by atoms with Crippen molar-refractivity contribution in [2.45, 2.75) is 13.1 Å². The number of nitrogens with zero attached hydrogens (tertiary/aromatic N) is 1. The van der Waals surface area contributed by atoms with Crippen LogP contribution in [0.2, 0.25) is 0 Å². The van der Waals surface area contributed by atoms with Crippen LogP contribution in [0.15, 0.2) is 41.8 Å². The van der Waals surface area contributed by atoms with Crippen LogP contribution in [-0.4, -0.2) is 18.0 Å². The van der Waals surface area contributed by atoms with Crippen molar-refractivity contribution in [1.29, 1.82) is 0 Å². The van der Waals surface area contributed by atoms with E-state index in [-0.39, 0.29) is 11.8 Å². The first kappa shape index (κ1) is 13.5. The fourth-order valence-electron chi connectivity index (χ4n) is 1.65. The first-order valence-electron chi connectivity index (χ1n) is 5.91. The van der Waals surface area contributed by atoms with E-state index in [1.54, 1.807) is 35.4 Å². The highest BCUT2D eigenvalue weighted by molar-refractivity contribution is 7.09. The normalized spacial score (nSPS) is 10.2. The van der Waals surface area contributed by atoms with Gasteiger partial charge < -0.3 is 10.2 Å². The summed E-state index contributed by atoms with van der Waals surface area (Å²) >= 11 is 1.61. The lowest BCUT2D eigenvalue weighted by molar-refractivity contribution is 0.206. The molecule has 1 aromatic carbocycles. The van der Waals surface area contributed by atoms with Gasteiger partial charge in [0.15, 0.2) is 0 Å². The minimum absolute atomic E-state index is 0.141. The number of carbonyl (C=O) groups is 1. The van der Waals surface area contributed by atoms with Crippen molar-refractivity contribution in [2.75, 3.05) is 7.05 Å². The molecule has 5 heteroatoms. The molecule has 0 fully saturated rings. The number of hydrogen-bond donors (Lipinski definition) is 1. The van der Waals surface area contributed by atoms with E-state index in [4.69, 9.17) is 0 Å². The Kier molecular flexibility index (Phi) is 4.52. The highest BCUT2D eigenvalue weighted by atomic mass is 32.1. The lowest BCUT2D eigenvalue weighted by Gasteiger charge is -2.17. The van der Waals surface area contributed by atoms with Gasteiger partial charge >= 0.3 is 6.03 Å². The predicted octanol–water partition coefficient (Wildman–Crippen LogP) is 3.23. The summed E-state index contributed by atoms with van der Waals surface area (Å²) in [5, 5.41) is 4.82. The van der Waals surface area contributed by atoms with E-state index in [0.29, 0.717) is 13.1 Å². The molecule has 19 heavy (non-hydrogen) atoms. The van der Waals surface area contributed by atoms with E-state index in [1.165, 1.54) is 12.1 Å². The van der Waals surface area contributed by atoms with Gasteiger partial charge in [-0.15, -0.1) is 11.3 Å². The zero-order chi connectivity index (χ0) is 13.7. The van der Waals surface area contributed by atoms with Crippen LogP contribution >= 0.6 is 11.3 Å².